The average molecular weight is 485 g/mol. The molecular weight excluding hydrogens is 446 g/mol. The van der Waals surface area contributed by atoms with Gasteiger partial charge < -0.3 is 15.7 Å². The summed E-state index contributed by atoms with van der Waals surface area (Å²) in [6, 6.07) is 11.1. The van der Waals surface area contributed by atoms with Gasteiger partial charge in [-0.25, -0.2) is 8.78 Å². The van der Waals surface area contributed by atoms with Gasteiger partial charge in [0.25, 0.3) is 0 Å². The normalized spacial score (nSPS) is 20.4. The minimum atomic E-state index is -0.969. The minimum absolute atomic E-state index is 0.000869. The lowest BCUT2D eigenvalue weighted by atomic mass is 9.73. The molecule has 2 aromatic rings. The van der Waals surface area contributed by atoms with Gasteiger partial charge in [-0.1, -0.05) is 57.2 Å². The van der Waals surface area contributed by atoms with Gasteiger partial charge >= 0.3 is 0 Å². The van der Waals surface area contributed by atoms with Gasteiger partial charge in [0.1, 0.15) is 11.6 Å². The number of nitrogens with one attached hydrogen (secondary N) is 2. The first-order chi connectivity index (χ1) is 16.4. The Balaban J connectivity index is 1.84. The van der Waals surface area contributed by atoms with Crippen LogP contribution in [0.15, 0.2) is 54.6 Å². The molecule has 3 rings (SSSR count). The van der Waals surface area contributed by atoms with Crippen LogP contribution in [0.4, 0.5) is 8.78 Å². The third-order valence-electron chi connectivity index (χ3n) is 6.85. The van der Waals surface area contributed by atoms with E-state index in [0.717, 1.165) is 42.9 Å². The summed E-state index contributed by atoms with van der Waals surface area (Å²) in [6.07, 6.45) is 2.75. The zero-order valence-electron chi connectivity index (χ0n) is 21.3. The molecule has 0 aromatic heterocycles. The quantitative estimate of drug-likeness (QED) is 0.447. The van der Waals surface area contributed by atoms with Crippen LogP contribution in [0.2, 0.25) is 0 Å². The van der Waals surface area contributed by atoms with E-state index in [2.05, 4.69) is 62.2 Å². The van der Waals surface area contributed by atoms with Gasteiger partial charge in [-0.05, 0) is 66.3 Å². The highest BCUT2D eigenvalue weighted by atomic mass is 19.1. The first-order valence-electron chi connectivity index (χ1n) is 12.3. The van der Waals surface area contributed by atoms with Crippen LogP contribution < -0.4 is 10.6 Å². The molecule has 1 aliphatic carbocycles. The summed E-state index contributed by atoms with van der Waals surface area (Å²) in [5.74, 6) is -1.69. The standard InChI is InChI=1S/C29H38F2N2O2/c1-19-8-7-11-29(17-19,23-10-6-9-22(15-23)28(3,4)5)32-18-27(35)26(33-20(2)34)14-21-12-24(30)16-25(31)13-21/h6,9-10,12-13,15-16,26-27,32,35H,1,7-8,11,14,17-18H2,2-5H3,(H,33,34). The van der Waals surface area contributed by atoms with Crippen molar-refractivity contribution in [3.63, 3.8) is 0 Å². The number of hydrogen-bond acceptors (Lipinski definition) is 3. The van der Waals surface area contributed by atoms with Crippen LogP contribution in [0.5, 0.6) is 0 Å². The Hall–Kier alpha value is -2.57. The smallest absolute Gasteiger partial charge is 0.217 e. The van der Waals surface area contributed by atoms with E-state index in [-0.39, 0.29) is 29.8 Å². The molecule has 1 amide bonds. The van der Waals surface area contributed by atoms with Gasteiger partial charge in [0.15, 0.2) is 0 Å². The first-order valence-corrected chi connectivity index (χ1v) is 12.3. The number of aliphatic hydroxyl groups is 1. The maximum Gasteiger partial charge on any atom is 0.217 e. The van der Waals surface area contributed by atoms with Gasteiger partial charge in [0.2, 0.25) is 5.91 Å². The fourth-order valence-corrected chi connectivity index (χ4v) is 5.00. The predicted octanol–water partition coefficient (Wildman–Crippen LogP) is 5.29. The molecule has 190 valence electrons. The minimum Gasteiger partial charge on any atom is -0.390 e. The number of halogens is 2. The molecule has 35 heavy (non-hydrogen) atoms. The number of aliphatic hydroxyl groups excluding tert-OH is 1. The highest BCUT2D eigenvalue weighted by Crippen LogP contribution is 2.40. The van der Waals surface area contributed by atoms with Gasteiger partial charge in [0.05, 0.1) is 12.1 Å². The van der Waals surface area contributed by atoms with Crippen LogP contribution in [0.25, 0.3) is 0 Å². The lowest BCUT2D eigenvalue weighted by Crippen LogP contribution is -2.53. The number of hydrogen-bond donors (Lipinski definition) is 3. The molecule has 1 fully saturated rings. The third-order valence-corrected chi connectivity index (χ3v) is 6.85. The second kappa shape index (κ2) is 11.0. The Morgan fingerprint density at radius 1 is 1.17 bits per heavy atom. The van der Waals surface area contributed by atoms with Crippen molar-refractivity contribution in [3.05, 3.63) is 82.9 Å². The molecule has 1 saturated carbocycles. The molecule has 3 N–H and O–H groups in total. The van der Waals surface area contributed by atoms with E-state index in [9.17, 15) is 18.7 Å². The molecule has 0 aliphatic heterocycles. The Bertz CT molecular complexity index is 1040. The van der Waals surface area contributed by atoms with Crippen LogP contribution in [0.3, 0.4) is 0 Å². The average Bonchev–Trinajstić information content (AvgIpc) is 2.75. The van der Waals surface area contributed by atoms with Gasteiger partial charge in [-0.15, -0.1) is 0 Å². The van der Waals surface area contributed by atoms with Crippen molar-refractivity contribution in [2.75, 3.05) is 6.54 Å². The topological polar surface area (TPSA) is 61.4 Å². The molecule has 4 nitrogen and oxygen atoms in total. The molecule has 0 saturated heterocycles. The highest BCUT2D eigenvalue weighted by molar-refractivity contribution is 5.73. The lowest BCUT2D eigenvalue weighted by molar-refractivity contribution is -0.120. The van der Waals surface area contributed by atoms with Crippen molar-refractivity contribution in [1.29, 1.82) is 0 Å². The van der Waals surface area contributed by atoms with Crippen LogP contribution >= 0.6 is 0 Å². The van der Waals surface area contributed by atoms with Crippen LogP contribution in [0.1, 0.15) is 70.1 Å². The molecule has 0 heterocycles. The number of carbonyl (C=O) groups excluding carboxylic acids is 1. The molecular formula is C29H38F2N2O2. The molecule has 6 heteroatoms. The Morgan fingerprint density at radius 3 is 2.46 bits per heavy atom. The van der Waals surface area contributed by atoms with Crippen molar-refractivity contribution >= 4 is 5.91 Å². The fourth-order valence-electron chi connectivity index (χ4n) is 5.00. The van der Waals surface area contributed by atoms with E-state index >= 15 is 0 Å². The maximum atomic E-state index is 13.7. The molecule has 2 aromatic carbocycles. The summed E-state index contributed by atoms with van der Waals surface area (Å²) in [6.45, 7) is 12.4. The Morgan fingerprint density at radius 2 is 1.86 bits per heavy atom. The Labute approximate surface area is 207 Å². The predicted molar refractivity (Wildman–Crippen MR) is 136 cm³/mol. The SMILES string of the molecule is C=C1CCCC(NCC(O)C(Cc2cc(F)cc(F)c2)NC(C)=O)(c2cccc(C(C)(C)C)c2)C1. The van der Waals surface area contributed by atoms with Crippen molar-refractivity contribution in [1.82, 2.24) is 10.6 Å². The van der Waals surface area contributed by atoms with E-state index in [1.807, 2.05) is 0 Å². The van der Waals surface area contributed by atoms with E-state index in [4.69, 9.17) is 0 Å². The van der Waals surface area contributed by atoms with Gasteiger partial charge in [0, 0.05) is 25.1 Å². The molecule has 0 spiro atoms. The summed E-state index contributed by atoms with van der Waals surface area (Å²) >= 11 is 0. The molecule has 1 aliphatic rings. The summed E-state index contributed by atoms with van der Waals surface area (Å²) in [7, 11) is 0. The van der Waals surface area contributed by atoms with E-state index < -0.39 is 23.8 Å². The monoisotopic (exact) mass is 484 g/mol. The van der Waals surface area contributed by atoms with E-state index in [0.29, 0.717) is 5.56 Å². The molecule has 3 unspecified atom stereocenters. The van der Waals surface area contributed by atoms with Crippen LogP contribution in [-0.4, -0.2) is 29.7 Å². The number of carbonyl (C=O) groups is 1. The highest BCUT2D eigenvalue weighted by Gasteiger charge is 2.36. The van der Waals surface area contributed by atoms with E-state index in [1.54, 1.807) is 0 Å². The second-order valence-corrected chi connectivity index (χ2v) is 10.9. The summed E-state index contributed by atoms with van der Waals surface area (Å²) in [5, 5.41) is 17.5. The van der Waals surface area contributed by atoms with Crippen molar-refractivity contribution in [2.45, 2.75) is 82.9 Å². The zero-order chi connectivity index (χ0) is 25.8. The third kappa shape index (κ3) is 7.21. The second-order valence-electron chi connectivity index (χ2n) is 10.9. The fraction of sp³-hybridized carbons (Fsp3) is 0.483. The number of benzene rings is 2. The van der Waals surface area contributed by atoms with Gasteiger partial charge in [-0.3, -0.25) is 4.79 Å². The molecule has 0 radical (unpaired) electrons. The Kier molecular flexibility index (Phi) is 8.50. The van der Waals surface area contributed by atoms with Gasteiger partial charge in [-0.2, -0.15) is 0 Å². The number of amides is 1. The van der Waals surface area contributed by atoms with Crippen LogP contribution in [-0.2, 0) is 22.2 Å². The number of rotatable bonds is 8. The lowest BCUT2D eigenvalue weighted by Gasteiger charge is -2.41. The molecule has 3 atom stereocenters. The summed E-state index contributed by atoms with van der Waals surface area (Å²) in [4.78, 5) is 11.8. The summed E-state index contributed by atoms with van der Waals surface area (Å²) in [5.41, 5.74) is 3.54. The summed E-state index contributed by atoms with van der Waals surface area (Å²) < 4.78 is 27.4. The first kappa shape index (κ1) is 27.0. The van der Waals surface area contributed by atoms with Crippen molar-refractivity contribution in [2.24, 2.45) is 0 Å². The zero-order valence-corrected chi connectivity index (χ0v) is 21.3. The molecule has 0 bridgehead atoms. The van der Waals surface area contributed by atoms with Crippen LogP contribution in [0, 0.1) is 11.6 Å². The van der Waals surface area contributed by atoms with Crippen molar-refractivity contribution < 1.29 is 18.7 Å². The van der Waals surface area contributed by atoms with E-state index in [1.165, 1.54) is 24.6 Å². The van der Waals surface area contributed by atoms with Crippen molar-refractivity contribution in [3.8, 4) is 0 Å². The maximum absolute atomic E-state index is 13.7. The largest absolute Gasteiger partial charge is 0.390 e.